The Kier molecular flexibility index (Phi) is 5.31. The van der Waals surface area contributed by atoms with Crippen molar-refractivity contribution in [2.75, 3.05) is 6.61 Å². The molecule has 1 aromatic rings. The lowest BCUT2D eigenvalue weighted by Crippen LogP contribution is -2.39. The van der Waals surface area contributed by atoms with E-state index in [2.05, 4.69) is 0 Å². The highest BCUT2D eigenvalue weighted by Crippen LogP contribution is 2.44. The summed E-state index contributed by atoms with van der Waals surface area (Å²) in [4.78, 5) is 27.8. The van der Waals surface area contributed by atoms with E-state index in [-0.39, 0.29) is 17.4 Å². The molecular formula is C22H29NO4. The molecule has 5 heteroatoms. The molecule has 0 saturated heterocycles. The molecule has 2 aliphatic rings. The topological polar surface area (TPSA) is 66.8 Å². The number of amides is 1. The first-order valence-electron chi connectivity index (χ1n) is 9.79. The quantitative estimate of drug-likeness (QED) is 0.836. The van der Waals surface area contributed by atoms with Gasteiger partial charge in [0.05, 0.1) is 18.2 Å². The van der Waals surface area contributed by atoms with Crippen molar-refractivity contribution < 1.29 is 19.4 Å². The molecule has 1 amide bonds. The number of rotatable bonds is 5. The number of Topliss-reactive ketones (excluding diaryl/α,β-unsaturated/α-hetero) is 1. The van der Waals surface area contributed by atoms with Crippen molar-refractivity contribution in [1.82, 2.24) is 4.90 Å². The van der Waals surface area contributed by atoms with E-state index >= 15 is 0 Å². The number of ether oxygens (including phenoxy) is 1. The van der Waals surface area contributed by atoms with Gasteiger partial charge >= 0.3 is 0 Å². The van der Waals surface area contributed by atoms with Gasteiger partial charge in [-0.25, -0.2) is 0 Å². The largest absolute Gasteiger partial charge is 0.503 e. The van der Waals surface area contributed by atoms with Crippen molar-refractivity contribution in [3.63, 3.8) is 0 Å². The predicted octanol–water partition coefficient (Wildman–Crippen LogP) is 4.34. The highest BCUT2D eigenvalue weighted by molar-refractivity contribution is 6.10. The Balaban J connectivity index is 2.11. The number of ketones is 1. The minimum Gasteiger partial charge on any atom is -0.503 e. The maximum atomic E-state index is 13.1. The van der Waals surface area contributed by atoms with Gasteiger partial charge < -0.3 is 14.7 Å². The SMILES string of the molecule is CCOc1cccc(C2C(C(=O)C(C)(C)C)=C(O)C(=O)N2C2CCCC2)c1. The number of nitrogens with zero attached hydrogens (tertiary/aromatic N) is 1. The van der Waals surface area contributed by atoms with Gasteiger partial charge in [-0.3, -0.25) is 9.59 Å². The molecule has 1 unspecified atom stereocenters. The average molecular weight is 371 g/mol. The number of benzene rings is 1. The zero-order valence-corrected chi connectivity index (χ0v) is 16.6. The van der Waals surface area contributed by atoms with Crippen LogP contribution in [0.4, 0.5) is 0 Å². The first-order chi connectivity index (χ1) is 12.8. The van der Waals surface area contributed by atoms with E-state index in [0.717, 1.165) is 31.2 Å². The molecule has 146 valence electrons. The van der Waals surface area contributed by atoms with Gasteiger partial charge in [0.2, 0.25) is 0 Å². The summed E-state index contributed by atoms with van der Waals surface area (Å²) in [5.74, 6) is -0.321. The molecule has 1 heterocycles. The van der Waals surface area contributed by atoms with Crippen LogP contribution in [0.15, 0.2) is 35.6 Å². The predicted molar refractivity (Wildman–Crippen MR) is 104 cm³/mol. The highest BCUT2D eigenvalue weighted by atomic mass is 16.5. The average Bonchev–Trinajstić information content (AvgIpc) is 3.21. The lowest BCUT2D eigenvalue weighted by Gasteiger charge is -2.33. The fraction of sp³-hybridized carbons (Fsp3) is 0.545. The molecule has 1 saturated carbocycles. The second-order valence-corrected chi connectivity index (χ2v) is 8.40. The second kappa shape index (κ2) is 7.37. The van der Waals surface area contributed by atoms with Crippen LogP contribution in [0.3, 0.4) is 0 Å². The molecule has 0 spiro atoms. The van der Waals surface area contributed by atoms with E-state index in [4.69, 9.17) is 4.74 Å². The van der Waals surface area contributed by atoms with Gasteiger partial charge in [0, 0.05) is 11.5 Å². The van der Waals surface area contributed by atoms with Crippen molar-refractivity contribution in [3.05, 3.63) is 41.2 Å². The van der Waals surface area contributed by atoms with Crippen LogP contribution in [0.1, 0.15) is 65.0 Å². The van der Waals surface area contributed by atoms with Crippen molar-refractivity contribution in [3.8, 4) is 5.75 Å². The summed E-state index contributed by atoms with van der Waals surface area (Å²) < 4.78 is 5.62. The normalized spacial score (nSPS) is 21.3. The van der Waals surface area contributed by atoms with E-state index in [0.29, 0.717) is 12.4 Å². The van der Waals surface area contributed by atoms with E-state index < -0.39 is 23.1 Å². The summed E-state index contributed by atoms with van der Waals surface area (Å²) in [6, 6.07) is 6.98. The van der Waals surface area contributed by atoms with Gasteiger partial charge in [-0.2, -0.15) is 0 Å². The summed E-state index contributed by atoms with van der Waals surface area (Å²) in [6.45, 7) is 7.88. The molecule has 1 aromatic carbocycles. The second-order valence-electron chi connectivity index (χ2n) is 8.40. The summed E-state index contributed by atoms with van der Waals surface area (Å²) in [6.07, 6.45) is 3.92. The Labute approximate surface area is 161 Å². The first kappa shape index (κ1) is 19.5. The maximum absolute atomic E-state index is 13.1. The molecule has 1 fully saturated rings. The zero-order valence-electron chi connectivity index (χ0n) is 16.6. The third kappa shape index (κ3) is 3.60. The molecular weight excluding hydrogens is 342 g/mol. The van der Waals surface area contributed by atoms with Gasteiger partial charge in [-0.05, 0) is 37.5 Å². The lowest BCUT2D eigenvalue weighted by atomic mass is 9.82. The Morgan fingerprint density at radius 1 is 1.26 bits per heavy atom. The Morgan fingerprint density at radius 3 is 2.52 bits per heavy atom. The minimum atomic E-state index is -0.689. The third-order valence-electron chi connectivity index (χ3n) is 5.37. The molecule has 0 radical (unpaired) electrons. The van der Waals surface area contributed by atoms with Gasteiger partial charge in [0.25, 0.3) is 5.91 Å². The first-order valence-corrected chi connectivity index (χ1v) is 9.79. The molecule has 3 rings (SSSR count). The number of aliphatic hydroxyl groups is 1. The third-order valence-corrected chi connectivity index (χ3v) is 5.37. The van der Waals surface area contributed by atoms with Crippen LogP contribution < -0.4 is 4.74 Å². The molecule has 5 nitrogen and oxygen atoms in total. The monoisotopic (exact) mass is 371 g/mol. The summed E-state index contributed by atoms with van der Waals surface area (Å²) in [5, 5.41) is 10.7. The number of hydrogen-bond donors (Lipinski definition) is 1. The molecule has 0 aromatic heterocycles. The highest BCUT2D eigenvalue weighted by Gasteiger charge is 2.48. The van der Waals surface area contributed by atoms with Crippen LogP contribution in [0, 0.1) is 5.41 Å². The van der Waals surface area contributed by atoms with Gasteiger partial charge in [-0.1, -0.05) is 45.7 Å². The van der Waals surface area contributed by atoms with E-state index in [9.17, 15) is 14.7 Å². The zero-order chi connectivity index (χ0) is 19.8. The van der Waals surface area contributed by atoms with Crippen molar-refractivity contribution in [1.29, 1.82) is 0 Å². The van der Waals surface area contributed by atoms with Crippen LogP contribution in [-0.2, 0) is 9.59 Å². The lowest BCUT2D eigenvalue weighted by molar-refractivity contribution is -0.131. The Hall–Kier alpha value is -2.30. The molecule has 1 aliphatic carbocycles. The van der Waals surface area contributed by atoms with Gasteiger partial charge in [0.15, 0.2) is 11.5 Å². The Morgan fingerprint density at radius 2 is 1.93 bits per heavy atom. The summed E-state index contributed by atoms with van der Waals surface area (Å²) in [7, 11) is 0. The fourth-order valence-electron chi connectivity index (χ4n) is 4.09. The smallest absolute Gasteiger partial charge is 0.290 e. The fourth-order valence-corrected chi connectivity index (χ4v) is 4.09. The molecule has 1 aliphatic heterocycles. The van der Waals surface area contributed by atoms with Gasteiger partial charge in [0.1, 0.15) is 5.75 Å². The minimum absolute atomic E-state index is 0.0469. The van der Waals surface area contributed by atoms with Crippen LogP contribution >= 0.6 is 0 Å². The van der Waals surface area contributed by atoms with E-state index in [1.165, 1.54) is 0 Å². The van der Waals surface area contributed by atoms with Gasteiger partial charge in [-0.15, -0.1) is 0 Å². The van der Waals surface area contributed by atoms with Crippen LogP contribution in [0.5, 0.6) is 5.75 Å². The van der Waals surface area contributed by atoms with Crippen LogP contribution in [0.25, 0.3) is 0 Å². The van der Waals surface area contributed by atoms with Crippen LogP contribution in [-0.4, -0.2) is 34.3 Å². The number of carbonyl (C=O) groups excluding carboxylic acids is 2. The molecule has 1 N–H and O–H groups in total. The summed E-state index contributed by atoms with van der Waals surface area (Å²) in [5.41, 5.74) is 0.330. The van der Waals surface area contributed by atoms with Crippen molar-refractivity contribution in [2.24, 2.45) is 5.41 Å². The Bertz CT molecular complexity index is 769. The number of aliphatic hydroxyl groups excluding tert-OH is 1. The molecule has 1 atom stereocenters. The van der Waals surface area contributed by atoms with E-state index in [1.54, 1.807) is 4.90 Å². The van der Waals surface area contributed by atoms with Crippen molar-refractivity contribution in [2.45, 2.75) is 65.5 Å². The van der Waals surface area contributed by atoms with Crippen molar-refractivity contribution >= 4 is 11.7 Å². The molecule has 0 bridgehead atoms. The number of carbonyl (C=O) groups is 2. The standard InChI is InChI=1S/C22H29NO4/c1-5-27-16-12-8-9-14(13-16)18-17(20(25)22(2,3)4)19(24)21(26)23(18)15-10-6-7-11-15/h8-9,12-13,15,18,24H,5-7,10-11H2,1-4H3. The summed E-state index contributed by atoms with van der Waals surface area (Å²) >= 11 is 0. The van der Waals surface area contributed by atoms with E-state index in [1.807, 2.05) is 52.0 Å². The number of hydrogen-bond acceptors (Lipinski definition) is 4. The van der Waals surface area contributed by atoms with Crippen LogP contribution in [0.2, 0.25) is 0 Å². The molecule has 27 heavy (non-hydrogen) atoms. The maximum Gasteiger partial charge on any atom is 0.290 e.